The van der Waals surface area contributed by atoms with E-state index in [-0.39, 0.29) is 0 Å². The van der Waals surface area contributed by atoms with Crippen molar-refractivity contribution in [3.05, 3.63) is 0 Å². The van der Waals surface area contributed by atoms with Crippen molar-refractivity contribution in [2.75, 3.05) is 6.54 Å². The largest absolute Gasteiger partial charge is 0.314 e. The van der Waals surface area contributed by atoms with Gasteiger partial charge in [0.1, 0.15) is 0 Å². The van der Waals surface area contributed by atoms with Crippen LogP contribution in [0.2, 0.25) is 0 Å². The molecule has 2 rings (SSSR count). The fraction of sp³-hybridized carbons (Fsp3) is 1.00. The van der Waals surface area contributed by atoms with Gasteiger partial charge in [-0.05, 0) is 31.2 Å². The molecule has 58 valence electrons. The number of hydrogen-bond acceptors (Lipinski definition) is 1. The summed E-state index contributed by atoms with van der Waals surface area (Å²) in [5.41, 5.74) is 0. The second-order valence-electron chi connectivity index (χ2n) is 3.92. The molecule has 1 aliphatic carbocycles. The lowest BCUT2D eigenvalue weighted by atomic mass is 9.77. The average Bonchev–Trinajstić information content (AvgIpc) is 2.36. The minimum Gasteiger partial charge on any atom is -0.314 e. The van der Waals surface area contributed by atoms with E-state index >= 15 is 0 Å². The van der Waals surface area contributed by atoms with Gasteiger partial charge in [-0.3, -0.25) is 0 Å². The van der Waals surface area contributed by atoms with Gasteiger partial charge < -0.3 is 5.32 Å². The van der Waals surface area contributed by atoms with Crippen molar-refractivity contribution >= 4 is 0 Å². The van der Waals surface area contributed by atoms with E-state index in [4.69, 9.17) is 0 Å². The van der Waals surface area contributed by atoms with E-state index in [1.165, 1.54) is 32.2 Å². The third-order valence-electron chi connectivity index (χ3n) is 3.31. The van der Waals surface area contributed by atoms with Crippen LogP contribution in [-0.2, 0) is 0 Å². The summed E-state index contributed by atoms with van der Waals surface area (Å²) >= 11 is 0. The third kappa shape index (κ3) is 0.968. The first-order valence-electron chi connectivity index (χ1n) is 4.61. The van der Waals surface area contributed by atoms with Crippen LogP contribution in [0.25, 0.3) is 0 Å². The van der Waals surface area contributed by atoms with Gasteiger partial charge in [-0.25, -0.2) is 0 Å². The van der Waals surface area contributed by atoms with Crippen LogP contribution in [0, 0.1) is 11.8 Å². The maximum Gasteiger partial charge on any atom is 0.00983 e. The van der Waals surface area contributed by atoms with Gasteiger partial charge in [0.25, 0.3) is 0 Å². The first kappa shape index (κ1) is 6.66. The predicted molar refractivity (Wildman–Crippen MR) is 42.9 cm³/mol. The smallest absolute Gasteiger partial charge is 0.00983 e. The van der Waals surface area contributed by atoms with E-state index in [2.05, 4.69) is 12.2 Å². The molecular formula is C9H17N. The predicted octanol–water partition coefficient (Wildman–Crippen LogP) is 1.78. The normalized spacial score (nSPS) is 47.1. The van der Waals surface area contributed by atoms with Crippen molar-refractivity contribution in [2.45, 2.75) is 38.6 Å². The third-order valence-corrected chi connectivity index (χ3v) is 3.31. The van der Waals surface area contributed by atoms with Crippen molar-refractivity contribution in [1.82, 2.24) is 5.32 Å². The van der Waals surface area contributed by atoms with Gasteiger partial charge in [0.15, 0.2) is 0 Å². The Labute approximate surface area is 63.2 Å². The lowest BCUT2D eigenvalue weighted by Gasteiger charge is -2.30. The van der Waals surface area contributed by atoms with E-state index in [0.717, 1.165) is 17.9 Å². The number of hydrogen-bond donors (Lipinski definition) is 1. The fourth-order valence-corrected chi connectivity index (χ4v) is 2.66. The molecule has 10 heavy (non-hydrogen) atoms. The van der Waals surface area contributed by atoms with Crippen molar-refractivity contribution in [3.8, 4) is 0 Å². The molecule has 0 radical (unpaired) electrons. The highest BCUT2D eigenvalue weighted by atomic mass is 15.0. The zero-order chi connectivity index (χ0) is 6.97. The van der Waals surface area contributed by atoms with Crippen LogP contribution in [0.3, 0.4) is 0 Å². The van der Waals surface area contributed by atoms with Crippen molar-refractivity contribution in [2.24, 2.45) is 11.8 Å². The van der Waals surface area contributed by atoms with E-state index < -0.39 is 0 Å². The lowest BCUT2D eigenvalue weighted by molar-refractivity contribution is 0.236. The summed E-state index contributed by atoms with van der Waals surface area (Å²) in [7, 11) is 0. The SMILES string of the molecule is CC1CCCC2NCCC12. The summed E-state index contributed by atoms with van der Waals surface area (Å²) in [5, 5.41) is 3.59. The van der Waals surface area contributed by atoms with Crippen LogP contribution < -0.4 is 5.32 Å². The maximum absolute atomic E-state index is 3.59. The zero-order valence-corrected chi connectivity index (χ0v) is 6.77. The molecule has 3 unspecified atom stereocenters. The Hall–Kier alpha value is -0.0400. The molecule has 0 aromatic rings. The molecule has 2 aliphatic rings. The summed E-state index contributed by atoms with van der Waals surface area (Å²) in [6.07, 6.45) is 5.80. The highest BCUT2D eigenvalue weighted by molar-refractivity contribution is 4.89. The topological polar surface area (TPSA) is 12.0 Å². The molecule has 1 saturated heterocycles. The van der Waals surface area contributed by atoms with Crippen molar-refractivity contribution < 1.29 is 0 Å². The summed E-state index contributed by atoms with van der Waals surface area (Å²) in [6, 6.07) is 0.892. The molecule has 0 amide bonds. The van der Waals surface area contributed by atoms with E-state index in [1.54, 1.807) is 0 Å². The Morgan fingerprint density at radius 3 is 2.90 bits per heavy atom. The first-order valence-corrected chi connectivity index (χ1v) is 4.61. The minimum atomic E-state index is 0.892. The zero-order valence-electron chi connectivity index (χ0n) is 6.77. The van der Waals surface area contributed by atoms with Crippen LogP contribution in [-0.4, -0.2) is 12.6 Å². The Morgan fingerprint density at radius 2 is 2.10 bits per heavy atom. The molecule has 0 aromatic carbocycles. The Balaban J connectivity index is 2.03. The molecule has 1 saturated carbocycles. The molecule has 2 fully saturated rings. The lowest BCUT2D eigenvalue weighted by Crippen LogP contribution is -2.33. The van der Waals surface area contributed by atoms with E-state index in [1.807, 2.05) is 0 Å². The van der Waals surface area contributed by atoms with Gasteiger partial charge in [-0.2, -0.15) is 0 Å². The molecule has 0 spiro atoms. The van der Waals surface area contributed by atoms with Gasteiger partial charge in [-0.1, -0.05) is 19.8 Å². The van der Waals surface area contributed by atoms with Gasteiger partial charge in [0.2, 0.25) is 0 Å². The van der Waals surface area contributed by atoms with Crippen LogP contribution in [0.4, 0.5) is 0 Å². The monoisotopic (exact) mass is 139 g/mol. The molecule has 1 heterocycles. The first-order chi connectivity index (χ1) is 4.88. The van der Waals surface area contributed by atoms with Crippen molar-refractivity contribution in [1.29, 1.82) is 0 Å². The number of rotatable bonds is 0. The summed E-state index contributed by atoms with van der Waals surface area (Å²) < 4.78 is 0. The Bertz CT molecular complexity index is 122. The highest BCUT2D eigenvalue weighted by Gasteiger charge is 2.33. The molecule has 0 aromatic heterocycles. The van der Waals surface area contributed by atoms with Gasteiger partial charge in [0.05, 0.1) is 0 Å². The maximum atomic E-state index is 3.59. The van der Waals surface area contributed by atoms with E-state index in [9.17, 15) is 0 Å². The van der Waals surface area contributed by atoms with Crippen molar-refractivity contribution in [3.63, 3.8) is 0 Å². The van der Waals surface area contributed by atoms with Crippen LogP contribution in [0.5, 0.6) is 0 Å². The van der Waals surface area contributed by atoms with Gasteiger partial charge in [0, 0.05) is 6.04 Å². The second kappa shape index (κ2) is 2.54. The minimum absolute atomic E-state index is 0.892. The second-order valence-corrected chi connectivity index (χ2v) is 3.92. The van der Waals surface area contributed by atoms with Gasteiger partial charge >= 0.3 is 0 Å². The Kier molecular flexibility index (Phi) is 1.69. The quantitative estimate of drug-likeness (QED) is 0.539. The molecule has 1 heteroatoms. The number of fused-ring (bicyclic) bond motifs is 1. The molecule has 1 nitrogen and oxygen atoms in total. The average molecular weight is 139 g/mol. The molecular weight excluding hydrogens is 122 g/mol. The van der Waals surface area contributed by atoms with Crippen LogP contribution >= 0.6 is 0 Å². The summed E-state index contributed by atoms with van der Waals surface area (Å²) in [6.45, 7) is 3.70. The van der Waals surface area contributed by atoms with E-state index in [0.29, 0.717) is 0 Å². The Morgan fingerprint density at radius 1 is 1.20 bits per heavy atom. The highest BCUT2D eigenvalue weighted by Crippen LogP contribution is 2.34. The summed E-state index contributed by atoms with van der Waals surface area (Å²) in [5.74, 6) is 2.02. The number of nitrogens with one attached hydrogen (secondary N) is 1. The standard InChI is InChI=1S/C9H17N/c1-7-3-2-4-9-8(7)5-6-10-9/h7-10H,2-6H2,1H3. The van der Waals surface area contributed by atoms with Gasteiger partial charge in [-0.15, -0.1) is 0 Å². The fourth-order valence-electron chi connectivity index (χ4n) is 2.66. The van der Waals surface area contributed by atoms with Crippen LogP contribution in [0.1, 0.15) is 32.6 Å². The molecule has 1 N–H and O–H groups in total. The van der Waals surface area contributed by atoms with Crippen LogP contribution in [0.15, 0.2) is 0 Å². The molecule has 0 bridgehead atoms. The summed E-state index contributed by atoms with van der Waals surface area (Å²) in [4.78, 5) is 0. The molecule has 3 atom stereocenters. The molecule has 1 aliphatic heterocycles.